The highest BCUT2D eigenvalue weighted by Crippen LogP contribution is 2.31. The molecule has 0 saturated heterocycles. The van der Waals surface area contributed by atoms with Crippen LogP contribution in [0.5, 0.6) is 11.5 Å². The molecule has 128 valence electrons. The highest BCUT2D eigenvalue weighted by atomic mass is 127. The lowest BCUT2D eigenvalue weighted by Crippen LogP contribution is -2.37. The Morgan fingerprint density at radius 2 is 1.67 bits per heavy atom. The molecule has 2 rings (SSSR count). The molecule has 2 aromatic rings. The standard InChI is InChI=1S/C19H22INO3/c1-19(2,13-8-6-5-7-9-13)12-21-18(22)14-10-16(23-3)17(24-4)11-15(14)20/h5-11H,12H2,1-4H3,(H,21,22). The highest BCUT2D eigenvalue weighted by molar-refractivity contribution is 14.1. The average Bonchev–Trinajstić information content (AvgIpc) is 2.60. The molecular weight excluding hydrogens is 417 g/mol. The second-order valence-electron chi connectivity index (χ2n) is 6.12. The van der Waals surface area contributed by atoms with E-state index >= 15 is 0 Å². The summed E-state index contributed by atoms with van der Waals surface area (Å²) in [7, 11) is 3.14. The summed E-state index contributed by atoms with van der Waals surface area (Å²) in [6.07, 6.45) is 0. The molecule has 0 atom stereocenters. The largest absolute Gasteiger partial charge is 0.493 e. The third-order valence-electron chi connectivity index (χ3n) is 3.96. The first-order valence-corrected chi connectivity index (χ1v) is 8.72. The molecule has 0 radical (unpaired) electrons. The van der Waals surface area contributed by atoms with E-state index in [1.807, 2.05) is 18.2 Å². The lowest BCUT2D eigenvalue weighted by Gasteiger charge is -2.26. The van der Waals surface area contributed by atoms with Gasteiger partial charge in [-0.3, -0.25) is 4.79 Å². The van der Waals surface area contributed by atoms with E-state index in [1.165, 1.54) is 5.56 Å². The maximum atomic E-state index is 12.6. The molecule has 0 spiro atoms. The molecule has 24 heavy (non-hydrogen) atoms. The Morgan fingerprint density at radius 1 is 1.08 bits per heavy atom. The minimum absolute atomic E-state index is 0.121. The summed E-state index contributed by atoms with van der Waals surface area (Å²) in [5, 5.41) is 3.03. The quantitative estimate of drug-likeness (QED) is 0.692. The fourth-order valence-corrected chi connectivity index (χ4v) is 3.10. The Morgan fingerprint density at radius 3 is 2.25 bits per heavy atom. The Kier molecular flexibility index (Phi) is 6.10. The first-order chi connectivity index (χ1) is 11.4. The molecule has 0 unspecified atom stereocenters. The summed E-state index contributed by atoms with van der Waals surface area (Å²) in [6, 6.07) is 13.7. The Balaban J connectivity index is 2.16. The van der Waals surface area contributed by atoms with Gasteiger partial charge in [0.05, 0.1) is 19.8 Å². The number of methoxy groups -OCH3 is 2. The van der Waals surface area contributed by atoms with Crippen molar-refractivity contribution in [3.8, 4) is 11.5 Å². The monoisotopic (exact) mass is 439 g/mol. The number of ether oxygens (including phenoxy) is 2. The van der Waals surface area contributed by atoms with Crippen LogP contribution in [0.15, 0.2) is 42.5 Å². The maximum absolute atomic E-state index is 12.6. The van der Waals surface area contributed by atoms with E-state index in [9.17, 15) is 4.79 Å². The van der Waals surface area contributed by atoms with Gasteiger partial charge in [0, 0.05) is 15.5 Å². The third-order valence-corrected chi connectivity index (χ3v) is 4.86. The smallest absolute Gasteiger partial charge is 0.252 e. The van der Waals surface area contributed by atoms with Crippen LogP contribution in [-0.4, -0.2) is 26.7 Å². The van der Waals surface area contributed by atoms with Crippen molar-refractivity contribution in [2.45, 2.75) is 19.3 Å². The van der Waals surface area contributed by atoms with Crippen molar-refractivity contribution in [2.75, 3.05) is 20.8 Å². The van der Waals surface area contributed by atoms with Crippen LogP contribution in [0, 0.1) is 3.57 Å². The number of benzene rings is 2. The van der Waals surface area contributed by atoms with Gasteiger partial charge in [0.2, 0.25) is 0 Å². The summed E-state index contributed by atoms with van der Waals surface area (Å²) >= 11 is 2.13. The highest BCUT2D eigenvalue weighted by Gasteiger charge is 2.22. The van der Waals surface area contributed by atoms with Crippen molar-refractivity contribution in [1.29, 1.82) is 0 Å². The number of rotatable bonds is 6. The summed E-state index contributed by atoms with van der Waals surface area (Å²) in [4.78, 5) is 12.6. The first-order valence-electron chi connectivity index (χ1n) is 7.64. The topological polar surface area (TPSA) is 47.6 Å². The molecule has 0 fully saturated rings. The fraction of sp³-hybridized carbons (Fsp3) is 0.316. The lowest BCUT2D eigenvalue weighted by atomic mass is 9.84. The Bertz CT molecular complexity index is 714. The molecular formula is C19H22INO3. The number of carbonyl (C=O) groups is 1. The van der Waals surface area contributed by atoms with Gasteiger partial charge < -0.3 is 14.8 Å². The fourth-order valence-electron chi connectivity index (χ4n) is 2.42. The number of carbonyl (C=O) groups excluding carboxylic acids is 1. The summed E-state index contributed by atoms with van der Waals surface area (Å²) in [6.45, 7) is 4.77. The number of amides is 1. The van der Waals surface area contributed by atoms with Crippen LogP contribution < -0.4 is 14.8 Å². The third kappa shape index (κ3) is 4.20. The molecule has 0 aromatic heterocycles. The van der Waals surface area contributed by atoms with Gasteiger partial charge in [0.1, 0.15) is 0 Å². The van der Waals surface area contributed by atoms with Crippen LogP contribution in [-0.2, 0) is 5.41 Å². The van der Waals surface area contributed by atoms with Crippen LogP contribution >= 0.6 is 22.6 Å². The Hall–Kier alpha value is -1.76. The van der Waals surface area contributed by atoms with Gasteiger partial charge in [-0.2, -0.15) is 0 Å². The van der Waals surface area contributed by atoms with Crippen molar-refractivity contribution in [2.24, 2.45) is 0 Å². The number of halogens is 1. The van der Waals surface area contributed by atoms with Crippen molar-refractivity contribution < 1.29 is 14.3 Å². The van der Waals surface area contributed by atoms with E-state index in [-0.39, 0.29) is 11.3 Å². The molecule has 1 amide bonds. The van der Waals surface area contributed by atoms with Crippen LogP contribution in [0.3, 0.4) is 0 Å². The van der Waals surface area contributed by atoms with E-state index in [0.717, 1.165) is 3.57 Å². The second kappa shape index (κ2) is 7.88. The zero-order valence-electron chi connectivity index (χ0n) is 14.4. The van der Waals surface area contributed by atoms with Gasteiger partial charge >= 0.3 is 0 Å². The van der Waals surface area contributed by atoms with Crippen LogP contribution in [0.25, 0.3) is 0 Å². The van der Waals surface area contributed by atoms with E-state index in [0.29, 0.717) is 23.6 Å². The van der Waals surface area contributed by atoms with Crippen LogP contribution in [0.2, 0.25) is 0 Å². The van der Waals surface area contributed by atoms with Gasteiger partial charge in [-0.25, -0.2) is 0 Å². The molecule has 0 heterocycles. The molecule has 5 heteroatoms. The van der Waals surface area contributed by atoms with Crippen molar-refractivity contribution >= 4 is 28.5 Å². The van der Waals surface area contributed by atoms with Gasteiger partial charge in [-0.15, -0.1) is 0 Å². The molecule has 2 aromatic carbocycles. The predicted octanol–water partition coefficient (Wildman–Crippen LogP) is 4.02. The number of hydrogen-bond acceptors (Lipinski definition) is 3. The van der Waals surface area contributed by atoms with Crippen molar-refractivity contribution in [3.63, 3.8) is 0 Å². The predicted molar refractivity (Wildman–Crippen MR) is 104 cm³/mol. The lowest BCUT2D eigenvalue weighted by molar-refractivity contribution is 0.0944. The van der Waals surface area contributed by atoms with Crippen molar-refractivity contribution in [3.05, 3.63) is 57.2 Å². The number of hydrogen-bond donors (Lipinski definition) is 1. The molecule has 0 aliphatic carbocycles. The molecule has 0 aliphatic rings. The summed E-state index contributed by atoms with van der Waals surface area (Å²) < 4.78 is 11.4. The van der Waals surface area contributed by atoms with Gasteiger partial charge in [0.15, 0.2) is 11.5 Å². The van der Waals surface area contributed by atoms with Crippen molar-refractivity contribution in [1.82, 2.24) is 5.32 Å². The van der Waals surface area contributed by atoms with Gasteiger partial charge in [0.25, 0.3) is 5.91 Å². The maximum Gasteiger partial charge on any atom is 0.252 e. The molecule has 0 saturated carbocycles. The van der Waals surface area contributed by atoms with E-state index in [4.69, 9.17) is 9.47 Å². The summed E-state index contributed by atoms with van der Waals surface area (Å²) in [5.74, 6) is 1.04. The van der Waals surface area contributed by atoms with E-state index < -0.39 is 0 Å². The van der Waals surface area contributed by atoms with Gasteiger partial charge in [-0.05, 0) is 40.3 Å². The minimum atomic E-state index is -0.154. The summed E-state index contributed by atoms with van der Waals surface area (Å²) in [5.41, 5.74) is 1.61. The van der Waals surface area contributed by atoms with Gasteiger partial charge in [-0.1, -0.05) is 44.2 Å². The van der Waals surface area contributed by atoms with Crippen LogP contribution in [0.1, 0.15) is 29.8 Å². The minimum Gasteiger partial charge on any atom is -0.493 e. The van der Waals surface area contributed by atoms with Crippen LogP contribution in [0.4, 0.5) is 0 Å². The zero-order chi connectivity index (χ0) is 17.7. The second-order valence-corrected chi connectivity index (χ2v) is 7.28. The average molecular weight is 439 g/mol. The SMILES string of the molecule is COc1cc(I)c(C(=O)NCC(C)(C)c2ccccc2)cc1OC. The first kappa shape index (κ1) is 18.6. The Labute approximate surface area is 156 Å². The normalized spacial score (nSPS) is 11.0. The zero-order valence-corrected chi connectivity index (χ0v) is 16.5. The molecule has 0 bridgehead atoms. The molecule has 4 nitrogen and oxygen atoms in total. The molecule has 1 N–H and O–H groups in total. The number of nitrogens with one attached hydrogen (secondary N) is 1. The van der Waals surface area contributed by atoms with E-state index in [2.05, 4.69) is 53.9 Å². The van der Waals surface area contributed by atoms with E-state index in [1.54, 1.807) is 26.4 Å². The molecule has 0 aliphatic heterocycles.